The van der Waals surface area contributed by atoms with Gasteiger partial charge in [0.1, 0.15) is 0 Å². The second kappa shape index (κ2) is 6.27. The van der Waals surface area contributed by atoms with Crippen LogP contribution in [0.2, 0.25) is 0 Å². The molecular weight excluding hydrogens is 250 g/mol. The maximum atomic E-state index is 11.4. The summed E-state index contributed by atoms with van der Waals surface area (Å²) in [7, 11) is 0. The van der Waals surface area contributed by atoms with Crippen molar-refractivity contribution in [2.45, 2.75) is 40.2 Å². The highest BCUT2D eigenvalue weighted by molar-refractivity contribution is 5.75. The van der Waals surface area contributed by atoms with Gasteiger partial charge in [0.25, 0.3) is 0 Å². The lowest BCUT2D eigenvalue weighted by Gasteiger charge is -2.28. The molecule has 0 amide bonds. The highest BCUT2D eigenvalue weighted by Gasteiger charge is 2.21. The fourth-order valence-corrected chi connectivity index (χ4v) is 2.54. The number of aromatic nitrogens is 2. The number of hydrogen-bond donors (Lipinski definition) is 3. The first-order valence-corrected chi connectivity index (χ1v) is 7.48. The topological polar surface area (TPSA) is 60.7 Å². The third-order valence-electron chi connectivity index (χ3n) is 4.09. The van der Waals surface area contributed by atoms with E-state index in [0.717, 1.165) is 24.0 Å². The zero-order valence-corrected chi connectivity index (χ0v) is 12.8. The summed E-state index contributed by atoms with van der Waals surface area (Å²) in [6, 6.07) is 6.49. The van der Waals surface area contributed by atoms with E-state index in [0.29, 0.717) is 17.9 Å². The quantitative estimate of drug-likeness (QED) is 0.758. The number of hydrogen-bond acceptors (Lipinski definition) is 2. The van der Waals surface area contributed by atoms with Crippen LogP contribution in [0.4, 0.5) is 0 Å². The Hall–Kier alpha value is -1.55. The van der Waals surface area contributed by atoms with E-state index in [9.17, 15) is 4.79 Å². The Labute approximate surface area is 120 Å². The fourth-order valence-electron chi connectivity index (χ4n) is 2.54. The van der Waals surface area contributed by atoms with Gasteiger partial charge in [0, 0.05) is 6.04 Å². The molecule has 2 atom stereocenters. The first-order chi connectivity index (χ1) is 9.52. The van der Waals surface area contributed by atoms with Crippen molar-refractivity contribution in [1.82, 2.24) is 15.3 Å². The van der Waals surface area contributed by atoms with Crippen LogP contribution in [0, 0.1) is 11.8 Å². The summed E-state index contributed by atoms with van der Waals surface area (Å²) in [5.41, 5.74) is 2.84. The molecule has 1 heterocycles. The predicted octanol–water partition coefficient (Wildman–Crippen LogP) is 3.19. The van der Waals surface area contributed by atoms with Crippen molar-refractivity contribution >= 4 is 11.0 Å². The average molecular weight is 275 g/mol. The first-order valence-electron chi connectivity index (χ1n) is 7.48. The van der Waals surface area contributed by atoms with E-state index in [1.165, 1.54) is 5.56 Å². The largest absolute Gasteiger partial charge is 0.323 e. The minimum atomic E-state index is -0.146. The highest BCUT2D eigenvalue weighted by Crippen LogP contribution is 2.29. The molecule has 1 aromatic heterocycles. The van der Waals surface area contributed by atoms with Crippen LogP contribution < -0.4 is 11.0 Å². The molecule has 0 spiro atoms. The van der Waals surface area contributed by atoms with Crippen molar-refractivity contribution in [1.29, 1.82) is 0 Å². The Morgan fingerprint density at radius 2 is 1.85 bits per heavy atom. The van der Waals surface area contributed by atoms with Crippen LogP contribution in [-0.4, -0.2) is 16.5 Å². The predicted molar refractivity (Wildman–Crippen MR) is 84.0 cm³/mol. The molecule has 4 nitrogen and oxygen atoms in total. The number of rotatable bonds is 6. The Bertz CT molecular complexity index is 611. The van der Waals surface area contributed by atoms with Crippen LogP contribution in [0.5, 0.6) is 0 Å². The standard InChI is InChI=1S/C16H25N3O/c1-5-8-17-15(11(4)10(2)3)12-6-7-13-14(9-12)19-16(20)18-13/h6-7,9-11,15,17H,5,8H2,1-4H3,(H2,18,19,20). The monoisotopic (exact) mass is 275 g/mol. The summed E-state index contributed by atoms with van der Waals surface area (Å²) in [5, 5.41) is 3.64. The summed E-state index contributed by atoms with van der Waals surface area (Å²) >= 11 is 0. The smallest absolute Gasteiger partial charge is 0.310 e. The molecule has 3 N–H and O–H groups in total. The molecule has 0 aliphatic heterocycles. The summed E-state index contributed by atoms with van der Waals surface area (Å²) in [6.45, 7) is 9.96. The third-order valence-corrected chi connectivity index (χ3v) is 4.09. The molecule has 0 saturated heterocycles. The number of nitrogens with one attached hydrogen (secondary N) is 3. The van der Waals surface area contributed by atoms with E-state index in [-0.39, 0.29) is 5.69 Å². The fraction of sp³-hybridized carbons (Fsp3) is 0.562. The number of aromatic amines is 2. The summed E-state index contributed by atoms with van der Waals surface area (Å²) < 4.78 is 0. The van der Waals surface area contributed by atoms with Crippen LogP contribution in [-0.2, 0) is 0 Å². The van der Waals surface area contributed by atoms with E-state index >= 15 is 0 Å². The molecule has 0 aliphatic rings. The van der Waals surface area contributed by atoms with Gasteiger partial charge in [-0.1, -0.05) is 33.8 Å². The Balaban J connectivity index is 2.35. The molecule has 2 rings (SSSR count). The van der Waals surface area contributed by atoms with Gasteiger partial charge in [-0.15, -0.1) is 0 Å². The van der Waals surface area contributed by atoms with Gasteiger partial charge >= 0.3 is 5.69 Å². The van der Waals surface area contributed by atoms with Crippen LogP contribution in [0.3, 0.4) is 0 Å². The van der Waals surface area contributed by atoms with E-state index in [4.69, 9.17) is 0 Å². The third kappa shape index (κ3) is 3.12. The van der Waals surface area contributed by atoms with Gasteiger partial charge in [-0.25, -0.2) is 4.79 Å². The molecule has 2 aromatic rings. The lowest BCUT2D eigenvalue weighted by atomic mass is 9.86. The van der Waals surface area contributed by atoms with E-state index in [1.807, 2.05) is 6.07 Å². The number of imidazole rings is 1. The average Bonchev–Trinajstić information content (AvgIpc) is 2.78. The van der Waals surface area contributed by atoms with Crippen LogP contribution in [0.15, 0.2) is 23.0 Å². The Morgan fingerprint density at radius 3 is 2.50 bits per heavy atom. The maximum Gasteiger partial charge on any atom is 0.323 e. The van der Waals surface area contributed by atoms with Crippen molar-refractivity contribution in [3.8, 4) is 0 Å². The van der Waals surface area contributed by atoms with E-state index in [2.05, 4.69) is 55.1 Å². The van der Waals surface area contributed by atoms with Gasteiger partial charge in [0.15, 0.2) is 0 Å². The van der Waals surface area contributed by atoms with Crippen molar-refractivity contribution in [2.24, 2.45) is 11.8 Å². The highest BCUT2D eigenvalue weighted by atomic mass is 16.1. The molecule has 2 unspecified atom stereocenters. The van der Waals surface area contributed by atoms with Gasteiger partial charge in [0.2, 0.25) is 0 Å². The lowest BCUT2D eigenvalue weighted by molar-refractivity contribution is 0.304. The molecule has 0 bridgehead atoms. The van der Waals surface area contributed by atoms with Crippen molar-refractivity contribution in [3.63, 3.8) is 0 Å². The van der Waals surface area contributed by atoms with E-state index < -0.39 is 0 Å². The van der Waals surface area contributed by atoms with Crippen LogP contribution >= 0.6 is 0 Å². The minimum Gasteiger partial charge on any atom is -0.310 e. The van der Waals surface area contributed by atoms with Gasteiger partial charge in [-0.05, 0) is 42.5 Å². The molecule has 0 radical (unpaired) electrons. The lowest BCUT2D eigenvalue weighted by Crippen LogP contribution is -2.30. The molecule has 110 valence electrons. The number of H-pyrrole nitrogens is 2. The molecule has 4 heteroatoms. The minimum absolute atomic E-state index is 0.146. The van der Waals surface area contributed by atoms with Crippen molar-refractivity contribution in [3.05, 3.63) is 34.2 Å². The number of fused-ring (bicyclic) bond motifs is 1. The number of benzene rings is 1. The zero-order chi connectivity index (χ0) is 14.7. The van der Waals surface area contributed by atoms with Crippen LogP contribution in [0.1, 0.15) is 45.7 Å². The maximum absolute atomic E-state index is 11.4. The van der Waals surface area contributed by atoms with Crippen LogP contribution in [0.25, 0.3) is 11.0 Å². The van der Waals surface area contributed by atoms with Gasteiger partial charge in [-0.2, -0.15) is 0 Å². The van der Waals surface area contributed by atoms with Gasteiger partial charge in [0.05, 0.1) is 11.0 Å². The molecule has 20 heavy (non-hydrogen) atoms. The van der Waals surface area contributed by atoms with Crippen molar-refractivity contribution in [2.75, 3.05) is 6.54 Å². The molecule has 0 fully saturated rings. The van der Waals surface area contributed by atoms with E-state index in [1.54, 1.807) is 0 Å². The van der Waals surface area contributed by atoms with Gasteiger partial charge < -0.3 is 15.3 Å². The zero-order valence-electron chi connectivity index (χ0n) is 12.8. The molecule has 0 saturated carbocycles. The summed E-state index contributed by atoms with van der Waals surface area (Å²) in [5.74, 6) is 1.13. The van der Waals surface area contributed by atoms with Crippen molar-refractivity contribution < 1.29 is 0 Å². The molecule has 1 aromatic carbocycles. The summed E-state index contributed by atoms with van der Waals surface area (Å²) in [4.78, 5) is 17.0. The summed E-state index contributed by atoms with van der Waals surface area (Å²) in [6.07, 6.45) is 1.12. The molecule has 0 aliphatic carbocycles. The SMILES string of the molecule is CCCNC(c1ccc2[nH]c(=O)[nH]c2c1)C(C)C(C)C. The van der Waals surface area contributed by atoms with Gasteiger partial charge in [-0.3, -0.25) is 0 Å². The normalized spacial score (nSPS) is 14.8. The second-order valence-electron chi connectivity index (χ2n) is 5.92. The Kier molecular flexibility index (Phi) is 4.65. The molecular formula is C16H25N3O. The second-order valence-corrected chi connectivity index (χ2v) is 5.92. The first kappa shape index (κ1) is 14.9. The Morgan fingerprint density at radius 1 is 1.15 bits per heavy atom.